The fraction of sp³-hybridized carbons (Fsp3) is 0.200. The summed E-state index contributed by atoms with van der Waals surface area (Å²) in [6, 6.07) is 12.9. The summed E-state index contributed by atoms with van der Waals surface area (Å²) in [4.78, 5) is 18.0. The summed E-state index contributed by atoms with van der Waals surface area (Å²) in [5.74, 6) is 1.11. The van der Waals surface area contributed by atoms with E-state index in [1.165, 1.54) is 4.80 Å². The van der Waals surface area contributed by atoms with E-state index in [2.05, 4.69) is 20.5 Å². The fourth-order valence-corrected chi connectivity index (χ4v) is 2.42. The molecule has 0 spiro atoms. The van der Waals surface area contributed by atoms with Crippen molar-refractivity contribution in [3.05, 3.63) is 71.8 Å². The minimum Gasteiger partial charge on any atom is -0.512 e. The van der Waals surface area contributed by atoms with E-state index in [0.717, 1.165) is 17.4 Å². The molecular weight excluding hydrogens is 358 g/mol. The number of aromatic nitrogens is 4. The monoisotopic (exact) mass is 379 g/mol. The molecule has 2 heterocycles. The first-order chi connectivity index (χ1) is 13.6. The number of ether oxygens (including phenoxy) is 1. The Morgan fingerprint density at radius 2 is 2.00 bits per heavy atom. The maximum atomic E-state index is 12.5. The number of aliphatic hydroxyl groups is 1. The van der Waals surface area contributed by atoms with E-state index in [9.17, 15) is 9.90 Å². The van der Waals surface area contributed by atoms with Gasteiger partial charge in [0.1, 0.15) is 5.75 Å². The lowest BCUT2D eigenvalue weighted by Gasteiger charge is -2.05. The zero-order valence-electron chi connectivity index (χ0n) is 15.7. The molecule has 144 valence electrons. The predicted molar refractivity (Wildman–Crippen MR) is 105 cm³/mol. The molecule has 28 heavy (non-hydrogen) atoms. The fourth-order valence-electron chi connectivity index (χ4n) is 2.42. The van der Waals surface area contributed by atoms with Crippen molar-refractivity contribution in [2.24, 2.45) is 0 Å². The smallest absolute Gasteiger partial charge is 0.213 e. The third kappa shape index (κ3) is 4.53. The minimum atomic E-state index is -0.432. The van der Waals surface area contributed by atoms with Gasteiger partial charge in [-0.2, -0.15) is 0 Å². The van der Waals surface area contributed by atoms with Crippen molar-refractivity contribution >= 4 is 11.6 Å². The molecule has 0 saturated carbocycles. The molecule has 8 nitrogen and oxygen atoms in total. The van der Waals surface area contributed by atoms with Crippen LogP contribution in [-0.2, 0) is 6.54 Å². The SMILES string of the molecule is CCC(O)=CC(=O)c1nn(-c2ccccn2)nc1NCc1ccc(OC)cc1. The van der Waals surface area contributed by atoms with Gasteiger partial charge in [-0.15, -0.1) is 15.0 Å². The quantitative estimate of drug-likeness (QED) is 0.352. The molecule has 1 aromatic carbocycles. The van der Waals surface area contributed by atoms with Crippen LogP contribution in [0.3, 0.4) is 0 Å². The third-order valence-corrected chi connectivity index (χ3v) is 3.98. The molecule has 8 heteroatoms. The number of hydrogen-bond acceptors (Lipinski definition) is 7. The number of methoxy groups -OCH3 is 1. The summed E-state index contributed by atoms with van der Waals surface area (Å²) in [5.41, 5.74) is 1.10. The standard InChI is InChI=1S/C20H21N5O3/c1-3-15(26)12-17(27)19-20(22-13-14-7-9-16(28-2)10-8-14)24-25(23-19)18-6-4-5-11-21-18/h4-12,26H,3,13H2,1-2H3,(H,22,24). The van der Waals surface area contributed by atoms with E-state index in [1.807, 2.05) is 24.3 Å². The Balaban J connectivity index is 1.88. The Labute approximate surface area is 162 Å². The second-order valence-electron chi connectivity index (χ2n) is 5.93. The average Bonchev–Trinajstić information content (AvgIpc) is 3.17. The molecule has 3 rings (SSSR count). The van der Waals surface area contributed by atoms with Gasteiger partial charge in [-0.3, -0.25) is 4.79 Å². The number of aliphatic hydroxyl groups excluding tert-OH is 1. The second-order valence-corrected chi connectivity index (χ2v) is 5.93. The number of hydrogen-bond donors (Lipinski definition) is 2. The summed E-state index contributed by atoms with van der Waals surface area (Å²) in [6.07, 6.45) is 3.13. The Bertz CT molecular complexity index is 965. The number of rotatable bonds is 8. The highest BCUT2D eigenvalue weighted by molar-refractivity contribution is 6.06. The zero-order valence-corrected chi connectivity index (χ0v) is 15.7. The summed E-state index contributed by atoms with van der Waals surface area (Å²) in [5, 5.41) is 21.5. The minimum absolute atomic E-state index is 0.0153. The highest BCUT2D eigenvalue weighted by Crippen LogP contribution is 2.17. The number of nitrogens with zero attached hydrogens (tertiary/aromatic N) is 4. The lowest BCUT2D eigenvalue weighted by molar-refractivity contribution is 0.103. The van der Waals surface area contributed by atoms with Gasteiger partial charge < -0.3 is 15.2 Å². The van der Waals surface area contributed by atoms with Crippen LogP contribution in [0.2, 0.25) is 0 Å². The summed E-state index contributed by atoms with van der Waals surface area (Å²) in [6.45, 7) is 2.20. The van der Waals surface area contributed by atoms with Crippen LogP contribution in [0.1, 0.15) is 29.4 Å². The number of allylic oxidation sites excluding steroid dienone is 2. The van der Waals surface area contributed by atoms with Crippen LogP contribution in [0.15, 0.2) is 60.5 Å². The normalized spacial score (nSPS) is 11.3. The molecule has 0 fully saturated rings. The molecule has 0 unspecified atom stereocenters. The van der Waals surface area contributed by atoms with Crippen molar-refractivity contribution in [1.82, 2.24) is 20.0 Å². The Hall–Kier alpha value is -3.68. The van der Waals surface area contributed by atoms with Crippen molar-refractivity contribution < 1.29 is 14.6 Å². The molecule has 2 aromatic heterocycles. The molecule has 0 aliphatic carbocycles. The van der Waals surface area contributed by atoms with E-state index < -0.39 is 5.78 Å². The lowest BCUT2D eigenvalue weighted by Crippen LogP contribution is -2.06. The molecule has 0 radical (unpaired) electrons. The van der Waals surface area contributed by atoms with E-state index in [-0.39, 0.29) is 11.5 Å². The van der Waals surface area contributed by atoms with Crippen molar-refractivity contribution in [2.45, 2.75) is 19.9 Å². The van der Waals surface area contributed by atoms with Crippen molar-refractivity contribution in [2.75, 3.05) is 12.4 Å². The second kappa shape index (κ2) is 8.81. The third-order valence-electron chi connectivity index (χ3n) is 3.98. The molecule has 2 N–H and O–H groups in total. The number of nitrogens with one attached hydrogen (secondary N) is 1. The van der Waals surface area contributed by atoms with E-state index in [0.29, 0.717) is 24.6 Å². The van der Waals surface area contributed by atoms with E-state index in [4.69, 9.17) is 4.74 Å². The van der Waals surface area contributed by atoms with Gasteiger partial charge >= 0.3 is 0 Å². The van der Waals surface area contributed by atoms with Gasteiger partial charge in [0.05, 0.1) is 12.9 Å². The number of carbonyl (C=O) groups excluding carboxylic acids is 1. The van der Waals surface area contributed by atoms with Crippen LogP contribution >= 0.6 is 0 Å². The highest BCUT2D eigenvalue weighted by atomic mass is 16.5. The number of ketones is 1. The van der Waals surface area contributed by atoms with E-state index >= 15 is 0 Å². The van der Waals surface area contributed by atoms with Crippen molar-refractivity contribution in [1.29, 1.82) is 0 Å². The largest absolute Gasteiger partial charge is 0.512 e. The number of benzene rings is 1. The van der Waals surface area contributed by atoms with Gasteiger partial charge in [-0.1, -0.05) is 25.1 Å². The predicted octanol–water partition coefficient (Wildman–Crippen LogP) is 3.32. The molecule has 3 aromatic rings. The molecule has 0 aliphatic rings. The van der Waals surface area contributed by atoms with Gasteiger partial charge in [0.15, 0.2) is 17.3 Å². The van der Waals surface area contributed by atoms with Gasteiger partial charge in [-0.25, -0.2) is 4.98 Å². The molecule has 0 aliphatic heterocycles. The Kier molecular flexibility index (Phi) is 6.01. The van der Waals surface area contributed by atoms with Gasteiger partial charge in [0, 0.05) is 25.2 Å². The topological polar surface area (TPSA) is 102 Å². The van der Waals surface area contributed by atoms with Gasteiger partial charge in [0.2, 0.25) is 5.78 Å². The lowest BCUT2D eigenvalue weighted by atomic mass is 10.2. The first-order valence-electron chi connectivity index (χ1n) is 8.80. The summed E-state index contributed by atoms with van der Waals surface area (Å²) in [7, 11) is 1.61. The first-order valence-corrected chi connectivity index (χ1v) is 8.80. The number of pyridine rings is 1. The van der Waals surface area contributed by atoms with Crippen LogP contribution in [-0.4, -0.2) is 38.0 Å². The molecule has 0 atom stereocenters. The van der Waals surface area contributed by atoms with Gasteiger partial charge in [-0.05, 0) is 29.8 Å². The average molecular weight is 379 g/mol. The number of anilines is 1. The zero-order chi connectivity index (χ0) is 19.9. The van der Waals surface area contributed by atoms with E-state index in [1.54, 1.807) is 38.4 Å². The first kappa shape index (κ1) is 19.1. The van der Waals surface area contributed by atoms with Crippen LogP contribution in [0.5, 0.6) is 5.75 Å². The molecular formula is C20H21N5O3. The Morgan fingerprint density at radius 1 is 1.21 bits per heavy atom. The van der Waals surface area contributed by atoms with Crippen LogP contribution in [0, 0.1) is 0 Å². The summed E-state index contributed by atoms with van der Waals surface area (Å²) >= 11 is 0. The molecule has 0 saturated heterocycles. The maximum absolute atomic E-state index is 12.5. The maximum Gasteiger partial charge on any atom is 0.213 e. The van der Waals surface area contributed by atoms with Crippen molar-refractivity contribution in [3.63, 3.8) is 0 Å². The number of carbonyl (C=O) groups is 1. The van der Waals surface area contributed by atoms with Crippen LogP contribution in [0.25, 0.3) is 5.82 Å². The summed E-state index contributed by atoms with van der Waals surface area (Å²) < 4.78 is 5.15. The molecule has 0 amide bonds. The Morgan fingerprint density at radius 3 is 2.64 bits per heavy atom. The van der Waals surface area contributed by atoms with Gasteiger partial charge in [0.25, 0.3) is 0 Å². The van der Waals surface area contributed by atoms with Crippen LogP contribution < -0.4 is 10.1 Å². The van der Waals surface area contributed by atoms with Crippen molar-refractivity contribution in [3.8, 4) is 11.6 Å². The highest BCUT2D eigenvalue weighted by Gasteiger charge is 2.19. The molecule has 0 bridgehead atoms. The van der Waals surface area contributed by atoms with Crippen LogP contribution in [0.4, 0.5) is 5.82 Å².